The van der Waals surface area contributed by atoms with Crippen LogP contribution in [0, 0.1) is 0 Å². The molecule has 1 fully saturated rings. The normalized spacial score (nSPS) is 13.4. The van der Waals surface area contributed by atoms with E-state index >= 15 is 0 Å². The number of hydrogen-bond acceptors (Lipinski definition) is 5. The minimum absolute atomic E-state index is 0.167. The largest absolute Gasteiger partial charge is 0.459 e. The highest BCUT2D eigenvalue weighted by atomic mass is 79.9. The summed E-state index contributed by atoms with van der Waals surface area (Å²) in [6, 6.07) is 18.9. The molecule has 2 aromatic carbocycles. The van der Waals surface area contributed by atoms with Crippen molar-refractivity contribution >= 4 is 27.7 Å². The molecule has 0 radical (unpaired) electrons. The summed E-state index contributed by atoms with van der Waals surface area (Å²) in [5.41, 5.74) is 1.99. The van der Waals surface area contributed by atoms with Crippen LogP contribution in [-0.2, 0) is 22.7 Å². The Morgan fingerprint density at radius 3 is 2.30 bits per heavy atom. The molecule has 0 spiro atoms. The summed E-state index contributed by atoms with van der Waals surface area (Å²) in [6.45, 7) is 1.56. The molecule has 7 heteroatoms. The van der Waals surface area contributed by atoms with Crippen molar-refractivity contribution in [1.82, 2.24) is 9.55 Å². The van der Waals surface area contributed by atoms with Crippen molar-refractivity contribution < 1.29 is 9.53 Å². The van der Waals surface area contributed by atoms with Crippen molar-refractivity contribution in [3.8, 4) is 11.3 Å². The van der Waals surface area contributed by atoms with E-state index in [-0.39, 0.29) is 18.7 Å². The molecule has 6 nitrogen and oxygen atoms in total. The standard InChI is InChI=1S/C23H22BrN3O3/c24-21-20(18-11-5-2-6-12-18)27(23(29)22(25-21)26-13-7-8-14-26)15-19(28)30-16-17-9-3-1-4-10-17/h1-6,9-12H,7-8,13-16H2. The highest BCUT2D eigenvalue weighted by Gasteiger charge is 2.24. The zero-order chi connectivity index (χ0) is 20.9. The van der Waals surface area contributed by atoms with Gasteiger partial charge >= 0.3 is 5.97 Å². The van der Waals surface area contributed by atoms with E-state index in [1.54, 1.807) is 0 Å². The van der Waals surface area contributed by atoms with E-state index in [0.29, 0.717) is 16.1 Å². The summed E-state index contributed by atoms with van der Waals surface area (Å²) in [5.74, 6) is -0.0986. The summed E-state index contributed by atoms with van der Waals surface area (Å²) in [4.78, 5) is 32.5. The molecule has 1 aliphatic heterocycles. The van der Waals surface area contributed by atoms with Gasteiger partial charge in [0.1, 0.15) is 17.8 Å². The van der Waals surface area contributed by atoms with Gasteiger partial charge in [-0.15, -0.1) is 0 Å². The third-order valence-corrected chi connectivity index (χ3v) is 5.64. The van der Waals surface area contributed by atoms with Crippen molar-refractivity contribution in [2.45, 2.75) is 26.0 Å². The first kappa shape index (κ1) is 20.3. The zero-order valence-corrected chi connectivity index (χ0v) is 18.0. The fourth-order valence-corrected chi connectivity index (χ4v) is 4.21. The number of carbonyl (C=O) groups is 1. The van der Waals surface area contributed by atoms with Gasteiger partial charge in [-0.05, 0) is 34.3 Å². The molecule has 0 saturated carbocycles. The molecule has 2 heterocycles. The van der Waals surface area contributed by atoms with E-state index in [2.05, 4.69) is 20.9 Å². The van der Waals surface area contributed by atoms with E-state index < -0.39 is 5.97 Å². The average molecular weight is 468 g/mol. The third-order valence-electron chi connectivity index (χ3n) is 5.09. The number of halogens is 1. The van der Waals surface area contributed by atoms with Crippen LogP contribution < -0.4 is 10.5 Å². The van der Waals surface area contributed by atoms with Gasteiger partial charge in [-0.1, -0.05) is 60.7 Å². The lowest BCUT2D eigenvalue weighted by molar-refractivity contribution is -0.145. The Morgan fingerprint density at radius 1 is 1.00 bits per heavy atom. The number of esters is 1. The van der Waals surface area contributed by atoms with Gasteiger partial charge in [0.25, 0.3) is 5.56 Å². The SMILES string of the molecule is O=C(Cn1c(-c2ccccc2)c(Br)nc(N2CCCC2)c1=O)OCc1ccccc1. The molecule has 30 heavy (non-hydrogen) atoms. The maximum Gasteiger partial charge on any atom is 0.326 e. The van der Waals surface area contributed by atoms with Gasteiger partial charge in [0.15, 0.2) is 5.82 Å². The van der Waals surface area contributed by atoms with E-state index in [1.807, 2.05) is 65.6 Å². The molecule has 154 valence electrons. The minimum Gasteiger partial charge on any atom is -0.459 e. The number of nitrogens with zero attached hydrogens (tertiary/aromatic N) is 3. The quantitative estimate of drug-likeness (QED) is 0.512. The summed E-state index contributed by atoms with van der Waals surface area (Å²) < 4.78 is 7.43. The van der Waals surface area contributed by atoms with Crippen molar-refractivity contribution in [3.63, 3.8) is 0 Å². The Bertz CT molecular complexity index is 1080. The van der Waals surface area contributed by atoms with E-state index in [0.717, 1.165) is 37.1 Å². The number of carbonyl (C=O) groups excluding carboxylic acids is 1. The van der Waals surface area contributed by atoms with Crippen molar-refractivity contribution in [2.75, 3.05) is 18.0 Å². The van der Waals surface area contributed by atoms with Crippen LogP contribution in [0.1, 0.15) is 18.4 Å². The van der Waals surface area contributed by atoms with Crippen LogP contribution in [0.25, 0.3) is 11.3 Å². The smallest absolute Gasteiger partial charge is 0.326 e. The fraction of sp³-hybridized carbons (Fsp3) is 0.261. The summed E-state index contributed by atoms with van der Waals surface area (Å²) >= 11 is 3.53. The number of benzene rings is 2. The maximum absolute atomic E-state index is 13.3. The van der Waals surface area contributed by atoms with Crippen LogP contribution >= 0.6 is 15.9 Å². The van der Waals surface area contributed by atoms with Gasteiger partial charge in [-0.25, -0.2) is 4.98 Å². The van der Waals surface area contributed by atoms with Gasteiger partial charge in [-0.3, -0.25) is 14.2 Å². The number of anilines is 1. The zero-order valence-electron chi connectivity index (χ0n) is 16.5. The van der Waals surface area contributed by atoms with Gasteiger partial charge in [-0.2, -0.15) is 0 Å². The number of rotatable bonds is 6. The highest BCUT2D eigenvalue weighted by molar-refractivity contribution is 9.10. The second-order valence-corrected chi connectivity index (χ2v) is 7.92. The number of aromatic nitrogens is 2. The lowest BCUT2D eigenvalue weighted by atomic mass is 10.1. The van der Waals surface area contributed by atoms with Crippen molar-refractivity contribution in [2.24, 2.45) is 0 Å². The Kier molecular flexibility index (Phi) is 6.28. The third kappa shape index (κ3) is 4.46. The van der Waals surface area contributed by atoms with Crippen LogP contribution in [0.15, 0.2) is 70.1 Å². The highest BCUT2D eigenvalue weighted by Crippen LogP contribution is 2.28. The molecule has 0 aliphatic carbocycles. The topological polar surface area (TPSA) is 64.4 Å². The molecule has 0 unspecified atom stereocenters. The van der Waals surface area contributed by atoms with E-state index in [1.165, 1.54) is 4.57 Å². The second kappa shape index (κ2) is 9.26. The Morgan fingerprint density at radius 2 is 1.63 bits per heavy atom. The Hall–Kier alpha value is -2.93. The summed E-state index contributed by atoms with van der Waals surface area (Å²) in [7, 11) is 0. The molecule has 1 aromatic heterocycles. The number of ether oxygens (including phenoxy) is 1. The van der Waals surface area contributed by atoms with E-state index in [9.17, 15) is 9.59 Å². The summed E-state index contributed by atoms with van der Waals surface area (Å²) in [5, 5.41) is 0. The van der Waals surface area contributed by atoms with Crippen LogP contribution in [0.5, 0.6) is 0 Å². The molecular weight excluding hydrogens is 446 g/mol. The lowest BCUT2D eigenvalue weighted by Gasteiger charge is -2.20. The molecule has 4 rings (SSSR count). The first-order valence-electron chi connectivity index (χ1n) is 9.94. The van der Waals surface area contributed by atoms with Gasteiger partial charge in [0.2, 0.25) is 0 Å². The molecule has 0 bridgehead atoms. The maximum atomic E-state index is 13.3. The van der Waals surface area contributed by atoms with Gasteiger partial charge < -0.3 is 9.64 Å². The molecule has 0 N–H and O–H groups in total. The first-order valence-corrected chi connectivity index (χ1v) is 10.7. The Balaban J connectivity index is 1.68. The van der Waals surface area contributed by atoms with E-state index in [4.69, 9.17) is 4.74 Å². The molecule has 0 amide bonds. The average Bonchev–Trinajstić information content (AvgIpc) is 3.31. The monoisotopic (exact) mass is 467 g/mol. The first-order chi connectivity index (χ1) is 14.6. The second-order valence-electron chi connectivity index (χ2n) is 7.17. The van der Waals surface area contributed by atoms with Crippen LogP contribution in [0.3, 0.4) is 0 Å². The lowest BCUT2D eigenvalue weighted by Crippen LogP contribution is -2.34. The predicted molar refractivity (Wildman–Crippen MR) is 119 cm³/mol. The fourth-order valence-electron chi connectivity index (χ4n) is 3.60. The van der Waals surface area contributed by atoms with Gasteiger partial charge in [0.05, 0.1) is 5.69 Å². The molecule has 0 atom stereocenters. The van der Waals surface area contributed by atoms with Crippen LogP contribution in [0.4, 0.5) is 5.82 Å². The number of hydrogen-bond donors (Lipinski definition) is 0. The van der Waals surface area contributed by atoms with Crippen LogP contribution in [-0.4, -0.2) is 28.6 Å². The predicted octanol–water partition coefficient (Wildman–Crippen LogP) is 4.02. The summed E-state index contributed by atoms with van der Waals surface area (Å²) in [6.07, 6.45) is 2.05. The molecule has 1 saturated heterocycles. The molecule has 1 aliphatic rings. The molecular formula is C23H22BrN3O3. The minimum atomic E-state index is -0.469. The molecule has 3 aromatic rings. The van der Waals surface area contributed by atoms with Crippen molar-refractivity contribution in [3.05, 3.63) is 81.2 Å². The Labute approximate surface area is 183 Å². The van der Waals surface area contributed by atoms with Crippen LogP contribution in [0.2, 0.25) is 0 Å². The van der Waals surface area contributed by atoms with Gasteiger partial charge in [0, 0.05) is 18.7 Å². The van der Waals surface area contributed by atoms with Crippen molar-refractivity contribution in [1.29, 1.82) is 0 Å².